The molecule has 2 heteroatoms. The number of nitrogens with zero attached hydrogens (tertiary/aromatic N) is 1. The second-order valence-corrected chi connectivity index (χ2v) is 3.04. The van der Waals surface area contributed by atoms with Crippen LogP contribution >= 0.6 is 0 Å². The molecule has 0 atom stereocenters. The molecule has 0 N–H and O–H groups in total. The van der Waals surface area contributed by atoms with E-state index in [2.05, 4.69) is 26.4 Å². The summed E-state index contributed by atoms with van der Waals surface area (Å²) >= 11 is 0. The first-order valence-electron chi connectivity index (χ1n) is 3.49. The summed E-state index contributed by atoms with van der Waals surface area (Å²) in [6, 6.07) is 0. The Hall–Kier alpha value is -1.07. The fourth-order valence-electron chi connectivity index (χ4n) is 0.758. The minimum Gasteiger partial charge on any atom is -0.321 e. The van der Waals surface area contributed by atoms with E-state index in [1.807, 2.05) is 6.08 Å². The van der Waals surface area contributed by atoms with Crippen LogP contribution in [0.4, 0.5) is 0 Å². The summed E-state index contributed by atoms with van der Waals surface area (Å²) in [7, 11) is 4.12. The van der Waals surface area contributed by atoms with Crippen molar-refractivity contribution in [2.24, 2.45) is 0 Å². The standard InChI is InChI=1S/C9H14NO/c1-4-7-10(2,3)8-5-6-9-11/h4-5H,1,7-8H2,2-3H3/q+1. The van der Waals surface area contributed by atoms with Crippen molar-refractivity contribution in [3.8, 4) is 0 Å². The molecule has 0 heterocycles. The van der Waals surface area contributed by atoms with E-state index >= 15 is 0 Å². The van der Waals surface area contributed by atoms with Gasteiger partial charge in [-0.15, -0.1) is 0 Å². The van der Waals surface area contributed by atoms with Gasteiger partial charge in [-0.25, -0.2) is 4.79 Å². The first kappa shape index (κ1) is 9.93. The molecule has 0 aromatic heterocycles. The molecule has 0 saturated carbocycles. The van der Waals surface area contributed by atoms with Gasteiger partial charge >= 0.3 is 0 Å². The van der Waals surface area contributed by atoms with Gasteiger partial charge in [-0.05, 0) is 11.8 Å². The van der Waals surface area contributed by atoms with Crippen LogP contribution in [0.15, 0.2) is 24.5 Å². The number of carbonyl (C=O) groups excluding carboxylic acids is 1. The first-order chi connectivity index (χ1) is 5.12. The molecule has 0 aromatic carbocycles. The van der Waals surface area contributed by atoms with Gasteiger partial charge in [0.05, 0.1) is 20.6 Å². The second kappa shape index (κ2) is 4.70. The lowest BCUT2D eigenvalue weighted by molar-refractivity contribution is -0.878. The molecule has 0 aliphatic carbocycles. The number of rotatable bonds is 4. The summed E-state index contributed by atoms with van der Waals surface area (Å²) < 4.78 is 0.790. The molecular weight excluding hydrogens is 138 g/mol. The van der Waals surface area contributed by atoms with E-state index in [4.69, 9.17) is 0 Å². The van der Waals surface area contributed by atoms with Crippen molar-refractivity contribution in [1.82, 2.24) is 0 Å². The maximum Gasteiger partial charge on any atom is 0.176 e. The smallest absolute Gasteiger partial charge is 0.176 e. The average molecular weight is 152 g/mol. The normalized spacial score (nSPS) is 9.64. The Bertz CT molecular complexity index is 206. The third-order valence-electron chi connectivity index (χ3n) is 1.37. The highest BCUT2D eigenvalue weighted by Crippen LogP contribution is 1.95. The third kappa shape index (κ3) is 5.38. The van der Waals surface area contributed by atoms with E-state index in [1.165, 1.54) is 0 Å². The van der Waals surface area contributed by atoms with Crippen LogP contribution in [0.1, 0.15) is 0 Å². The predicted molar refractivity (Wildman–Crippen MR) is 45.8 cm³/mol. The number of quaternary nitrogens is 1. The molecule has 2 nitrogen and oxygen atoms in total. The summed E-state index contributed by atoms with van der Waals surface area (Å²) in [5.41, 5.74) is 2.38. The maximum absolute atomic E-state index is 9.75. The highest BCUT2D eigenvalue weighted by molar-refractivity contribution is 5.43. The van der Waals surface area contributed by atoms with Crippen LogP contribution in [0.25, 0.3) is 0 Å². The zero-order valence-electron chi connectivity index (χ0n) is 7.13. The van der Waals surface area contributed by atoms with Crippen molar-refractivity contribution in [2.75, 3.05) is 27.2 Å². The summed E-state index contributed by atoms with van der Waals surface area (Å²) in [5.74, 6) is 1.59. The topological polar surface area (TPSA) is 17.1 Å². The summed E-state index contributed by atoms with van der Waals surface area (Å²) in [5, 5.41) is 0. The molecular formula is C9H14NO+. The molecule has 0 amide bonds. The van der Waals surface area contributed by atoms with Crippen molar-refractivity contribution in [2.45, 2.75) is 0 Å². The van der Waals surface area contributed by atoms with Gasteiger partial charge in [0, 0.05) is 6.08 Å². The fraction of sp³-hybridized carbons (Fsp3) is 0.444. The second-order valence-electron chi connectivity index (χ2n) is 3.04. The minimum absolute atomic E-state index is 0.779. The highest BCUT2D eigenvalue weighted by atomic mass is 16.1. The van der Waals surface area contributed by atoms with E-state index in [-0.39, 0.29) is 0 Å². The molecule has 0 unspecified atom stereocenters. The van der Waals surface area contributed by atoms with Crippen LogP contribution in [0.3, 0.4) is 0 Å². The van der Waals surface area contributed by atoms with E-state index in [0.29, 0.717) is 0 Å². The Morgan fingerprint density at radius 2 is 2.09 bits per heavy atom. The number of likely N-dealkylation sites (N-methyl/N-ethyl adjacent to an activating group) is 1. The SMILES string of the molecule is C=CC[N+](C)(C)CC=C=C=O. The Kier molecular flexibility index (Phi) is 4.24. The third-order valence-corrected chi connectivity index (χ3v) is 1.37. The van der Waals surface area contributed by atoms with Crippen molar-refractivity contribution in [1.29, 1.82) is 0 Å². The zero-order valence-corrected chi connectivity index (χ0v) is 7.13. The van der Waals surface area contributed by atoms with Gasteiger partial charge in [0.1, 0.15) is 6.54 Å². The molecule has 0 aromatic rings. The largest absolute Gasteiger partial charge is 0.321 e. The summed E-state index contributed by atoms with van der Waals surface area (Å²) in [4.78, 5) is 9.75. The summed E-state index contributed by atoms with van der Waals surface area (Å²) in [6.07, 6.45) is 3.55. The van der Waals surface area contributed by atoms with E-state index in [1.54, 1.807) is 12.0 Å². The average Bonchev–Trinajstić information content (AvgIpc) is 1.87. The van der Waals surface area contributed by atoms with Crippen molar-refractivity contribution < 1.29 is 9.28 Å². The molecule has 0 rings (SSSR count). The fourth-order valence-corrected chi connectivity index (χ4v) is 0.758. The Morgan fingerprint density at radius 1 is 1.45 bits per heavy atom. The lowest BCUT2D eigenvalue weighted by Crippen LogP contribution is -2.39. The molecule has 60 valence electrons. The predicted octanol–water partition coefficient (Wildman–Crippen LogP) is 0.792. The van der Waals surface area contributed by atoms with E-state index < -0.39 is 0 Å². The monoisotopic (exact) mass is 152 g/mol. The van der Waals surface area contributed by atoms with Gasteiger partial charge < -0.3 is 4.48 Å². The lowest BCUT2D eigenvalue weighted by Gasteiger charge is -2.26. The van der Waals surface area contributed by atoms with E-state index in [9.17, 15) is 4.79 Å². The molecule has 0 fully saturated rings. The molecule has 0 radical (unpaired) electrons. The van der Waals surface area contributed by atoms with Crippen molar-refractivity contribution >= 4 is 5.94 Å². The molecule has 0 spiro atoms. The van der Waals surface area contributed by atoms with Crippen LogP contribution in [-0.4, -0.2) is 37.6 Å². The Morgan fingerprint density at radius 3 is 2.55 bits per heavy atom. The van der Waals surface area contributed by atoms with Gasteiger partial charge in [-0.1, -0.05) is 6.58 Å². The number of hydrogen-bond acceptors (Lipinski definition) is 1. The van der Waals surface area contributed by atoms with E-state index in [0.717, 1.165) is 17.6 Å². The molecule has 11 heavy (non-hydrogen) atoms. The first-order valence-corrected chi connectivity index (χ1v) is 3.49. The van der Waals surface area contributed by atoms with Gasteiger partial charge in [0.15, 0.2) is 5.94 Å². The summed E-state index contributed by atoms with van der Waals surface area (Å²) in [6.45, 7) is 5.31. The molecule has 0 aliphatic rings. The Labute approximate surface area is 67.7 Å². The van der Waals surface area contributed by atoms with Gasteiger partial charge in [0.2, 0.25) is 0 Å². The van der Waals surface area contributed by atoms with Crippen LogP contribution < -0.4 is 0 Å². The van der Waals surface area contributed by atoms with Gasteiger partial charge in [0.25, 0.3) is 0 Å². The van der Waals surface area contributed by atoms with Crippen LogP contribution in [0.2, 0.25) is 0 Å². The van der Waals surface area contributed by atoms with Crippen LogP contribution in [-0.2, 0) is 4.79 Å². The highest BCUT2D eigenvalue weighted by Gasteiger charge is 2.08. The zero-order chi connectivity index (χ0) is 8.74. The minimum atomic E-state index is 0.779. The quantitative estimate of drug-likeness (QED) is 0.252. The van der Waals surface area contributed by atoms with Crippen molar-refractivity contribution in [3.05, 3.63) is 24.5 Å². The van der Waals surface area contributed by atoms with Crippen LogP contribution in [0.5, 0.6) is 0 Å². The van der Waals surface area contributed by atoms with Crippen LogP contribution in [0, 0.1) is 0 Å². The number of hydrogen-bond donors (Lipinski definition) is 0. The molecule has 0 bridgehead atoms. The Balaban J connectivity index is 4.00. The molecule has 0 aliphatic heterocycles. The lowest BCUT2D eigenvalue weighted by atomic mass is 10.4. The van der Waals surface area contributed by atoms with Gasteiger partial charge in [-0.2, -0.15) is 0 Å². The maximum atomic E-state index is 9.75. The molecule has 0 saturated heterocycles. The van der Waals surface area contributed by atoms with Crippen molar-refractivity contribution in [3.63, 3.8) is 0 Å². The van der Waals surface area contributed by atoms with Gasteiger partial charge in [-0.3, -0.25) is 0 Å².